The fourth-order valence-electron chi connectivity index (χ4n) is 2.67. The molecule has 2 rings (SSSR count). The Bertz CT molecular complexity index is 352. The lowest BCUT2D eigenvalue weighted by atomic mass is 10.1. The summed E-state index contributed by atoms with van der Waals surface area (Å²) < 4.78 is 5.43. The van der Waals surface area contributed by atoms with Gasteiger partial charge in [0.05, 0.1) is 5.60 Å². The first-order chi connectivity index (χ1) is 9.45. The quantitative estimate of drug-likeness (QED) is 0.585. The maximum Gasteiger partial charge on any atom is 0.191 e. The number of nitrogens with zero attached hydrogens (tertiary/aromatic N) is 2. The van der Waals surface area contributed by atoms with Crippen LogP contribution in [0.3, 0.4) is 0 Å². The molecule has 0 bridgehead atoms. The Morgan fingerprint density at radius 1 is 1.35 bits per heavy atom. The van der Waals surface area contributed by atoms with Crippen LogP contribution in [0.5, 0.6) is 0 Å². The largest absolute Gasteiger partial charge is 0.377 e. The van der Waals surface area contributed by atoms with Crippen molar-refractivity contribution in [3.8, 4) is 0 Å². The lowest BCUT2D eigenvalue weighted by molar-refractivity contribution is 0.0268. The summed E-state index contributed by atoms with van der Waals surface area (Å²) in [6.45, 7) is 9.56. The lowest BCUT2D eigenvalue weighted by Crippen LogP contribution is -2.50. The molecule has 2 aliphatic rings. The van der Waals surface area contributed by atoms with E-state index >= 15 is 0 Å². The van der Waals surface area contributed by atoms with Crippen LogP contribution in [-0.2, 0) is 4.74 Å². The van der Waals surface area contributed by atoms with Gasteiger partial charge in [-0.1, -0.05) is 6.92 Å². The molecule has 0 amide bonds. The molecule has 2 atom stereocenters. The molecule has 1 saturated heterocycles. The molecule has 1 saturated carbocycles. The summed E-state index contributed by atoms with van der Waals surface area (Å²) >= 11 is 0. The number of guanidine groups is 1. The van der Waals surface area contributed by atoms with E-state index in [4.69, 9.17) is 4.74 Å². The highest BCUT2D eigenvalue weighted by molar-refractivity contribution is 5.80. The molecule has 20 heavy (non-hydrogen) atoms. The number of nitrogens with one attached hydrogen (secondary N) is 2. The fraction of sp³-hybridized carbons (Fsp3) is 0.933. The summed E-state index contributed by atoms with van der Waals surface area (Å²) in [4.78, 5) is 6.95. The van der Waals surface area contributed by atoms with E-state index in [2.05, 4.69) is 41.3 Å². The van der Waals surface area contributed by atoms with Gasteiger partial charge in [0.15, 0.2) is 5.96 Å². The Morgan fingerprint density at radius 3 is 2.60 bits per heavy atom. The van der Waals surface area contributed by atoms with Gasteiger partial charge in [0.25, 0.3) is 0 Å². The monoisotopic (exact) mass is 282 g/mol. The second-order valence-corrected chi connectivity index (χ2v) is 6.80. The minimum absolute atomic E-state index is 0.182. The van der Waals surface area contributed by atoms with E-state index in [0.29, 0.717) is 12.0 Å². The van der Waals surface area contributed by atoms with Crippen molar-refractivity contribution in [2.75, 3.05) is 33.8 Å². The number of methoxy groups -OCH3 is 1. The van der Waals surface area contributed by atoms with Gasteiger partial charge in [-0.2, -0.15) is 0 Å². The zero-order chi connectivity index (χ0) is 14.8. The molecule has 0 spiro atoms. The Morgan fingerprint density at radius 2 is 2.05 bits per heavy atom. The van der Waals surface area contributed by atoms with E-state index in [1.807, 2.05) is 7.05 Å². The molecule has 116 valence electrons. The number of likely N-dealkylation sites (tertiary alicyclic amines) is 1. The molecule has 1 heterocycles. The van der Waals surface area contributed by atoms with Crippen LogP contribution in [0.4, 0.5) is 0 Å². The van der Waals surface area contributed by atoms with E-state index in [-0.39, 0.29) is 5.60 Å². The van der Waals surface area contributed by atoms with Crippen molar-refractivity contribution < 1.29 is 4.74 Å². The van der Waals surface area contributed by atoms with E-state index in [1.54, 1.807) is 7.11 Å². The highest BCUT2D eigenvalue weighted by Gasteiger charge is 2.38. The number of hydrogen-bond acceptors (Lipinski definition) is 3. The lowest BCUT2D eigenvalue weighted by Gasteiger charge is -2.26. The minimum Gasteiger partial charge on any atom is -0.377 e. The van der Waals surface area contributed by atoms with Gasteiger partial charge in [-0.25, -0.2) is 0 Å². The van der Waals surface area contributed by atoms with Crippen LogP contribution in [0.15, 0.2) is 4.99 Å². The minimum atomic E-state index is -0.182. The topological polar surface area (TPSA) is 48.9 Å². The maximum absolute atomic E-state index is 5.43. The molecular formula is C15H30N4O. The summed E-state index contributed by atoms with van der Waals surface area (Å²) in [6, 6.07) is 1.35. The van der Waals surface area contributed by atoms with Crippen LogP contribution in [0, 0.1) is 5.92 Å². The van der Waals surface area contributed by atoms with Crippen molar-refractivity contribution in [1.29, 1.82) is 0 Å². The van der Waals surface area contributed by atoms with Crippen molar-refractivity contribution >= 4 is 5.96 Å². The molecule has 0 aromatic carbocycles. The predicted octanol–water partition coefficient (Wildman–Crippen LogP) is 1.06. The Kier molecular flexibility index (Phi) is 4.91. The first-order valence-electron chi connectivity index (χ1n) is 7.71. The highest BCUT2D eigenvalue weighted by Crippen LogP contribution is 2.31. The highest BCUT2D eigenvalue weighted by atomic mass is 16.5. The summed E-state index contributed by atoms with van der Waals surface area (Å²) in [5.74, 6) is 1.55. The van der Waals surface area contributed by atoms with Crippen LogP contribution in [0.2, 0.25) is 0 Å². The van der Waals surface area contributed by atoms with Gasteiger partial charge in [-0.3, -0.25) is 9.89 Å². The van der Waals surface area contributed by atoms with Gasteiger partial charge in [0.1, 0.15) is 0 Å². The van der Waals surface area contributed by atoms with Crippen molar-refractivity contribution in [3.05, 3.63) is 0 Å². The van der Waals surface area contributed by atoms with E-state index in [9.17, 15) is 0 Å². The molecule has 0 radical (unpaired) electrons. The van der Waals surface area contributed by atoms with Crippen LogP contribution < -0.4 is 10.6 Å². The van der Waals surface area contributed by atoms with E-state index in [1.165, 1.54) is 19.4 Å². The van der Waals surface area contributed by atoms with E-state index in [0.717, 1.165) is 25.1 Å². The summed E-state index contributed by atoms with van der Waals surface area (Å²) in [6.07, 6.45) is 2.77. The zero-order valence-electron chi connectivity index (χ0n) is 13.6. The number of rotatable bonds is 5. The molecule has 1 aliphatic heterocycles. The molecule has 5 nitrogen and oxygen atoms in total. The Labute approximate surface area is 123 Å². The average Bonchev–Trinajstić information content (AvgIpc) is 3.20. The third-order valence-electron chi connectivity index (χ3n) is 4.48. The van der Waals surface area contributed by atoms with Crippen LogP contribution in [-0.4, -0.2) is 62.3 Å². The van der Waals surface area contributed by atoms with Crippen molar-refractivity contribution in [2.24, 2.45) is 10.9 Å². The van der Waals surface area contributed by atoms with E-state index < -0.39 is 0 Å². The normalized spacial score (nSPS) is 28.8. The van der Waals surface area contributed by atoms with Gasteiger partial charge in [0.2, 0.25) is 0 Å². The molecule has 1 aliphatic carbocycles. The summed E-state index contributed by atoms with van der Waals surface area (Å²) in [5.41, 5.74) is -0.182. The van der Waals surface area contributed by atoms with Crippen molar-refractivity contribution in [2.45, 2.75) is 51.3 Å². The third-order valence-corrected chi connectivity index (χ3v) is 4.48. The van der Waals surface area contributed by atoms with Gasteiger partial charge >= 0.3 is 0 Å². The number of aliphatic imine (C=N–C) groups is 1. The second kappa shape index (κ2) is 6.31. The molecule has 2 unspecified atom stereocenters. The molecule has 0 aromatic rings. The van der Waals surface area contributed by atoms with Gasteiger partial charge in [-0.05, 0) is 32.6 Å². The second-order valence-electron chi connectivity index (χ2n) is 6.80. The molecule has 0 aromatic heterocycles. The molecular weight excluding hydrogens is 252 g/mol. The smallest absolute Gasteiger partial charge is 0.191 e. The first kappa shape index (κ1) is 15.6. The fourth-order valence-corrected chi connectivity index (χ4v) is 2.67. The number of hydrogen-bond donors (Lipinski definition) is 2. The first-order valence-corrected chi connectivity index (χ1v) is 7.71. The van der Waals surface area contributed by atoms with Gasteiger partial charge in [0, 0.05) is 45.9 Å². The van der Waals surface area contributed by atoms with Crippen LogP contribution in [0.25, 0.3) is 0 Å². The van der Waals surface area contributed by atoms with Crippen molar-refractivity contribution in [1.82, 2.24) is 15.5 Å². The molecule has 2 N–H and O–H groups in total. The van der Waals surface area contributed by atoms with Crippen LogP contribution >= 0.6 is 0 Å². The summed E-state index contributed by atoms with van der Waals surface area (Å²) in [5, 5.41) is 6.93. The van der Waals surface area contributed by atoms with Gasteiger partial charge < -0.3 is 15.4 Å². The predicted molar refractivity (Wildman–Crippen MR) is 83.1 cm³/mol. The SMILES string of the molecule is CN=C(NCC(C)(C)OC)NC1CN(C2CC2)CC1C. The zero-order valence-corrected chi connectivity index (χ0v) is 13.6. The molecule has 2 fully saturated rings. The number of ether oxygens (including phenoxy) is 1. The Hall–Kier alpha value is -0.810. The molecule has 5 heteroatoms. The van der Waals surface area contributed by atoms with Gasteiger partial charge in [-0.15, -0.1) is 0 Å². The van der Waals surface area contributed by atoms with Crippen LogP contribution in [0.1, 0.15) is 33.6 Å². The average molecular weight is 282 g/mol. The Balaban J connectivity index is 1.81. The maximum atomic E-state index is 5.43. The summed E-state index contributed by atoms with van der Waals surface area (Å²) in [7, 11) is 3.57. The van der Waals surface area contributed by atoms with Crippen molar-refractivity contribution in [3.63, 3.8) is 0 Å². The third kappa shape index (κ3) is 4.09. The standard InChI is InChI=1S/C15H30N4O/c1-11-8-19(12-6-7-12)9-13(11)18-14(16-4)17-10-15(2,3)20-5/h11-13H,6-10H2,1-5H3,(H2,16,17,18).